The Balaban J connectivity index is 1.59. The molecule has 2 aromatic rings. The lowest BCUT2D eigenvalue weighted by atomic mass is 10.2. The third kappa shape index (κ3) is 4.91. The van der Waals surface area contributed by atoms with E-state index in [2.05, 4.69) is 23.5 Å². The molecule has 27 heavy (non-hydrogen) atoms. The maximum atomic E-state index is 12.5. The van der Waals surface area contributed by atoms with Gasteiger partial charge in [-0.25, -0.2) is 8.42 Å². The fourth-order valence-corrected chi connectivity index (χ4v) is 5.43. The van der Waals surface area contributed by atoms with Gasteiger partial charge in [-0.2, -0.15) is 4.31 Å². The van der Waals surface area contributed by atoms with E-state index in [-0.39, 0.29) is 10.8 Å². The summed E-state index contributed by atoms with van der Waals surface area (Å²) >= 11 is 1.50. The van der Waals surface area contributed by atoms with Crippen LogP contribution in [0, 0.1) is 13.8 Å². The number of aryl methyl sites for hydroxylation is 2. The molecule has 7 heteroatoms. The van der Waals surface area contributed by atoms with Gasteiger partial charge in [-0.3, -0.25) is 4.79 Å². The summed E-state index contributed by atoms with van der Waals surface area (Å²) in [4.78, 5) is 13.6. The SMILES string of the molecule is Cc1ccc(C)c(SCC(=O)Nc2ccc(S(=O)(=O)N3CCCC3)cc2)c1. The van der Waals surface area contributed by atoms with Gasteiger partial charge in [0.2, 0.25) is 15.9 Å². The Bertz CT molecular complexity index is 919. The number of anilines is 1. The van der Waals surface area contributed by atoms with E-state index in [1.165, 1.54) is 21.6 Å². The smallest absolute Gasteiger partial charge is 0.243 e. The monoisotopic (exact) mass is 404 g/mol. The number of sulfonamides is 1. The molecule has 1 N–H and O–H groups in total. The molecule has 2 aromatic carbocycles. The maximum Gasteiger partial charge on any atom is 0.243 e. The highest BCUT2D eigenvalue weighted by Crippen LogP contribution is 2.25. The van der Waals surface area contributed by atoms with Crippen molar-refractivity contribution in [3.8, 4) is 0 Å². The van der Waals surface area contributed by atoms with Crippen LogP contribution in [0.5, 0.6) is 0 Å². The van der Waals surface area contributed by atoms with Gasteiger partial charge in [-0.15, -0.1) is 11.8 Å². The summed E-state index contributed by atoms with van der Waals surface area (Å²) in [7, 11) is -3.42. The van der Waals surface area contributed by atoms with E-state index in [0.717, 1.165) is 23.3 Å². The first-order valence-corrected chi connectivity index (χ1v) is 11.4. The van der Waals surface area contributed by atoms with E-state index in [4.69, 9.17) is 0 Å². The molecule has 0 radical (unpaired) electrons. The summed E-state index contributed by atoms with van der Waals surface area (Å²) in [6, 6.07) is 12.6. The van der Waals surface area contributed by atoms with Gasteiger partial charge in [0.25, 0.3) is 0 Å². The molecular formula is C20H24N2O3S2. The average molecular weight is 405 g/mol. The van der Waals surface area contributed by atoms with E-state index in [1.54, 1.807) is 24.3 Å². The Kier molecular flexibility index (Phi) is 6.24. The molecule has 1 heterocycles. The van der Waals surface area contributed by atoms with E-state index in [9.17, 15) is 13.2 Å². The van der Waals surface area contributed by atoms with Crippen molar-refractivity contribution in [2.24, 2.45) is 0 Å². The van der Waals surface area contributed by atoms with Crippen LogP contribution in [0.3, 0.4) is 0 Å². The molecule has 1 amide bonds. The molecule has 0 aliphatic carbocycles. The molecule has 0 spiro atoms. The van der Waals surface area contributed by atoms with Crippen LogP contribution in [0.1, 0.15) is 24.0 Å². The summed E-state index contributed by atoms with van der Waals surface area (Å²) in [5.41, 5.74) is 2.91. The van der Waals surface area contributed by atoms with Gasteiger partial charge in [0.15, 0.2) is 0 Å². The first-order valence-electron chi connectivity index (χ1n) is 8.96. The maximum absolute atomic E-state index is 12.5. The second-order valence-electron chi connectivity index (χ2n) is 6.74. The van der Waals surface area contributed by atoms with E-state index >= 15 is 0 Å². The van der Waals surface area contributed by atoms with Gasteiger partial charge < -0.3 is 5.32 Å². The fraction of sp³-hybridized carbons (Fsp3) is 0.350. The van der Waals surface area contributed by atoms with Gasteiger partial charge >= 0.3 is 0 Å². The molecule has 1 fully saturated rings. The van der Waals surface area contributed by atoms with Crippen LogP contribution in [0.15, 0.2) is 52.3 Å². The quantitative estimate of drug-likeness (QED) is 0.744. The summed E-state index contributed by atoms with van der Waals surface area (Å²) in [5.74, 6) is 0.189. The number of thioether (sulfide) groups is 1. The van der Waals surface area contributed by atoms with E-state index in [0.29, 0.717) is 24.5 Å². The molecule has 5 nitrogen and oxygen atoms in total. The number of amides is 1. The van der Waals surface area contributed by atoms with Crippen LogP contribution >= 0.6 is 11.8 Å². The van der Waals surface area contributed by atoms with Gasteiger partial charge in [0.1, 0.15) is 0 Å². The minimum atomic E-state index is -3.42. The molecule has 1 aliphatic rings. The first kappa shape index (κ1) is 19.9. The number of carbonyl (C=O) groups is 1. The Labute approximate surface area is 165 Å². The van der Waals surface area contributed by atoms with E-state index in [1.807, 2.05) is 13.8 Å². The zero-order chi connectivity index (χ0) is 19.4. The number of nitrogens with one attached hydrogen (secondary N) is 1. The van der Waals surface area contributed by atoms with Crippen LogP contribution in [0.2, 0.25) is 0 Å². The largest absolute Gasteiger partial charge is 0.325 e. The predicted molar refractivity (Wildman–Crippen MR) is 110 cm³/mol. The van der Waals surface area contributed by atoms with Crippen molar-refractivity contribution in [1.82, 2.24) is 4.31 Å². The van der Waals surface area contributed by atoms with Crippen LogP contribution in [-0.4, -0.2) is 37.5 Å². The highest BCUT2D eigenvalue weighted by atomic mass is 32.2. The van der Waals surface area contributed by atoms with Gasteiger partial charge in [0.05, 0.1) is 10.6 Å². The molecule has 1 aliphatic heterocycles. The number of hydrogen-bond donors (Lipinski definition) is 1. The highest BCUT2D eigenvalue weighted by molar-refractivity contribution is 8.00. The first-order chi connectivity index (χ1) is 12.9. The van der Waals surface area contributed by atoms with Crippen LogP contribution in [0.4, 0.5) is 5.69 Å². The molecule has 0 bridgehead atoms. The van der Waals surface area contributed by atoms with Crippen molar-refractivity contribution in [1.29, 1.82) is 0 Å². The van der Waals surface area contributed by atoms with Crippen molar-refractivity contribution in [3.63, 3.8) is 0 Å². The third-order valence-corrected chi connectivity index (χ3v) is 7.61. The Morgan fingerprint density at radius 2 is 1.74 bits per heavy atom. The molecule has 144 valence electrons. The fourth-order valence-electron chi connectivity index (χ4n) is 2.99. The summed E-state index contributed by atoms with van der Waals surface area (Å²) in [6.07, 6.45) is 1.82. The zero-order valence-corrected chi connectivity index (χ0v) is 17.2. The minimum absolute atomic E-state index is 0.115. The van der Waals surface area contributed by atoms with Crippen LogP contribution in [0.25, 0.3) is 0 Å². The second kappa shape index (κ2) is 8.46. The Hall–Kier alpha value is -1.83. The van der Waals surface area contributed by atoms with Crippen LogP contribution < -0.4 is 5.32 Å². The molecule has 0 unspecified atom stereocenters. The second-order valence-corrected chi connectivity index (χ2v) is 9.70. The number of benzene rings is 2. The molecule has 0 atom stereocenters. The summed E-state index contributed by atoms with van der Waals surface area (Å²) in [6.45, 7) is 5.22. The number of rotatable bonds is 6. The van der Waals surface area contributed by atoms with Crippen LogP contribution in [-0.2, 0) is 14.8 Å². The lowest BCUT2D eigenvalue weighted by Gasteiger charge is -2.15. The Morgan fingerprint density at radius 1 is 1.07 bits per heavy atom. The normalized spacial score (nSPS) is 15.0. The van der Waals surface area contributed by atoms with E-state index < -0.39 is 10.0 Å². The van der Waals surface area contributed by atoms with Crippen molar-refractivity contribution < 1.29 is 13.2 Å². The van der Waals surface area contributed by atoms with Crippen molar-refractivity contribution in [2.45, 2.75) is 36.5 Å². The lowest BCUT2D eigenvalue weighted by molar-refractivity contribution is -0.113. The topological polar surface area (TPSA) is 66.5 Å². The number of nitrogens with zero attached hydrogens (tertiary/aromatic N) is 1. The minimum Gasteiger partial charge on any atom is -0.325 e. The number of carbonyl (C=O) groups excluding carboxylic acids is 1. The van der Waals surface area contributed by atoms with Gasteiger partial charge in [-0.05, 0) is 62.6 Å². The predicted octanol–water partition coefficient (Wildman–Crippen LogP) is 3.82. The zero-order valence-electron chi connectivity index (χ0n) is 15.6. The molecule has 1 saturated heterocycles. The van der Waals surface area contributed by atoms with Crippen molar-refractivity contribution in [2.75, 3.05) is 24.2 Å². The standard InChI is InChI=1S/C20H24N2O3S2/c1-15-5-6-16(2)19(13-15)26-14-20(23)21-17-7-9-18(10-8-17)27(24,25)22-11-3-4-12-22/h5-10,13H,3-4,11-12,14H2,1-2H3,(H,21,23). The van der Waals surface area contributed by atoms with Gasteiger partial charge in [-0.1, -0.05) is 17.7 Å². The lowest BCUT2D eigenvalue weighted by Crippen LogP contribution is -2.27. The number of hydrogen-bond acceptors (Lipinski definition) is 4. The van der Waals surface area contributed by atoms with Crippen molar-refractivity contribution >= 4 is 33.4 Å². The summed E-state index contributed by atoms with van der Waals surface area (Å²) < 4.78 is 26.6. The van der Waals surface area contributed by atoms with Gasteiger partial charge in [0, 0.05) is 23.7 Å². The summed E-state index contributed by atoms with van der Waals surface area (Å²) in [5, 5.41) is 2.83. The Morgan fingerprint density at radius 3 is 2.41 bits per heavy atom. The molecular weight excluding hydrogens is 380 g/mol. The van der Waals surface area contributed by atoms with Crippen molar-refractivity contribution in [3.05, 3.63) is 53.6 Å². The third-order valence-electron chi connectivity index (χ3n) is 4.54. The molecule has 0 aromatic heterocycles. The average Bonchev–Trinajstić information content (AvgIpc) is 3.18. The molecule has 0 saturated carbocycles. The highest BCUT2D eigenvalue weighted by Gasteiger charge is 2.26. The molecule has 3 rings (SSSR count).